The average molecular weight is 457 g/mol. The molecule has 0 saturated heterocycles. The van der Waals surface area contributed by atoms with Gasteiger partial charge in [-0.3, -0.25) is 4.79 Å². The number of benzene rings is 3. The second kappa shape index (κ2) is 9.93. The van der Waals surface area contributed by atoms with Crippen LogP contribution < -0.4 is 14.8 Å². The minimum Gasteiger partial charge on any atom is -0.495 e. The van der Waals surface area contributed by atoms with Gasteiger partial charge in [0.2, 0.25) is 15.9 Å². The fraction of sp³-hybridized carbons (Fsp3) is 0.208. The molecule has 6 nitrogen and oxygen atoms in total. The lowest BCUT2D eigenvalue weighted by Gasteiger charge is -2.21. The van der Waals surface area contributed by atoms with Crippen molar-refractivity contribution in [3.05, 3.63) is 89.2 Å². The summed E-state index contributed by atoms with van der Waals surface area (Å²) in [7, 11) is -2.99. The molecule has 1 atom stereocenters. The molecule has 3 rings (SSSR count). The fourth-order valence-electron chi connectivity index (χ4n) is 3.37. The molecule has 2 N–H and O–H groups in total. The number of hydrogen-bond donors (Lipinski definition) is 2. The number of halogens is 1. The lowest BCUT2D eigenvalue weighted by molar-refractivity contribution is -0.117. The van der Waals surface area contributed by atoms with Crippen molar-refractivity contribution >= 4 is 21.6 Å². The predicted molar refractivity (Wildman–Crippen MR) is 122 cm³/mol. The zero-order valence-corrected chi connectivity index (χ0v) is 18.9. The molecule has 0 aliphatic heterocycles. The summed E-state index contributed by atoms with van der Waals surface area (Å²) in [5, 5.41) is 2.84. The van der Waals surface area contributed by atoms with Gasteiger partial charge in [-0.1, -0.05) is 48.5 Å². The van der Waals surface area contributed by atoms with Crippen molar-refractivity contribution in [1.82, 2.24) is 4.72 Å². The van der Waals surface area contributed by atoms with Gasteiger partial charge in [0.05, 0.1) is 7.11 Å². The van der Waals surface area contributed by atoms with Crippen molar-refractivity contribution in [3.8, 4) is 5.75 Å². The molecule has 3 aromatic carbocycles. The number of carbonyl (C=O) groups is 1. The standard InChI is InChI=1S/C24H25FN2O4S/c1-16-8-7-9-17(2)23(16)26-24(28)20(14-18-10-5-4-6-11-18)27-32(29,30)22-15-19(25)12-13-21(22)31-3/h4-13,15,20,27H,14H2,1-3H3,(H,26,28). The van der Waals surface area contributed by atoms with Crippen LogP contribution in [-0.4, -0.2) is 27.5 Å². The molecule has 0 spiro atoms. The highest BCUT2D eigenvalue weighted by Gasteiger charge is 2.29. The smallest absolute Gasteiger partial charge is 0.245 e. The first-order valence-electron chi connectivity index (χ1n) is 9.98. The van der Waals surface area contributed by atoms with E-state index in [9.17, 15) is 17.6 Å². The predicted octanol–water partition coefficient (Wildman–Crippen LogP) is 3.98. The van der Waals surface area contributed by atoms with Gasteiger partial charge in [0.1, 0.15) is 22.5 Å². The van der Waals surface area contributed by atoms with Crippen molar-refractivity contribution in [2.75, 3.05) is 12.4 Å². The molecular weight excluding hydrogens is 431 g/mol. The maximum absolute atomic E-state index is 13.8. The number of ether oxygens (including phenoxy) is 1. The fourth-order valence-corrected chi connectivity index (χ4v) is 4.75. The summed E-state index contributed by atoms with van der Waals surface area (Å²) in [6.45, 7) is 3.72. The Kier molecular flexibility index (Phi) is 7.27. The van der Waals surface area contributed by atoms with Gasteiger partial charge in [-0.05, 0) is 55.2 Å². The van der Waals surface area contributed by atoms with Gasteiger partial charge in [-0.2, -0.15) is 4.72 Å². The molecule has 168 valence electrons. The highest BCUT2D eigenvalue weighted by molar-refractivity contribution is 7.89. The number of nitrogens with one attached hydrogen (secondary N) is 2. The summed E-state index contributed by atoms with van der Waals surface area (Å²) < 4.78 is 47.6. The number of anilines is 1. The minimum absolute atomic E-state index is 0.0208. The number of aryl methyl sites for hydroxylation is 2. The van der Waals surface area contributed by atoms with Crippen LogP contribution in [0.3, 0.4) is 0 Å². The maximum Gasteiger partial charge on any atom is 0.245 e. The summed E-state index contributed by atoms with van der Waals surface area (Å²) in [5.41, 5.74) is 3.10. The van der Waals surface area contributed by atoms with Crippen LogP contribution in [0, 0.1) is 19.7 Å². The average Bonchev–Trinajstić information content (AvgIpc) is 2.76. The number of carbonyl (C=O) groups excluding carboxylic acids is 1. The second-order valence-corrected chi connectivity index (χ2v) is 9.10. The number of methoxy groups -OCH3 is 1. The van der Waals surface area contributed by atoms with E-state index in [1.54, 1.807) is 24.3 Å². The van der Waals surface area contributed by atoms with Gasteiger partial charge >= 0.3 is 0 Å². The molecule has 1 amide bonds. The van der Waals surface area contributed by atoms with Crippen molar-refractivity contribution in [1.29, 1.82) is 0 Å². The highest BCUT2D eigenvalue weighted by atomic mass is 32.2. The van der Waals surface area contributed by atoms with Gasteiger partial charge < -0.3 is 10.1 Å². The zero-order chi connectivity index (χ0) is 23.3. The molecular formula is C24H25FN2O4S. The van der Waals surface area contributed by atoms with Gasteiger partial charge in [0.15, 0.2) is 0 Å². The first-order valence-corrected chi connectivity index (χ1v) is 11.5. The Bertz CT molecular complexity index is 1190. The van der Waals surface area contributed by atoms with Crippen LogP contribution in [0.25, 0.3) is 0 Å². The monoisotopic (exact) mass is 456 g/mol. The summed E-state index contributed by atoms with van der Waals surface area (Å²) in [4.78, 5) is 12.8. The van der Waals surface area contributed by atoms with Crippen LogP contribution in [0.5, 0.6) is 5.75 Å². The number of rotatable bonds is 8. The second-order valence-electron chi connectivity index (χ2n) is 7.41. The van der Waals surface area contributed by atoms with Gasteiger partial charge in [-0.15, -0.1) is 0 Å². The van der Waals surface area contributed by atoms with E-state index in [0.29, 0.717) is 5.69 Å². The lowest BCUT2D eigenvalue weighted by atomic mass is 10.0. The van der Waals surface area contributed by atoms with E-state index in [4.69, 9.17) is 4.74 Å². The summed E-state index contributed by atoms with van der Waals surface area (Å²) >= 11 is 0. The van der Waals surface area contributed by atoms with E-state index in [1.165, 1.54) is 13.2 Å². The molecule has 0 bridgehead atoms. The number of sulfonamides is 1. The van der Waals surface area contributed by atoms with Crippen molar-refractivity contribution < 1.29 is 22.3 Å². The first-order chi connectivity index (χ1) is 15.2. The summed E-state index contributed by atoms with van der Waals surface area (Å²) in [6.07, 6.45) is 0.106. The molecule has 0 fully saturated rings. The van der Waals surface area contributed by atoms with Crippen LogP contribution >= 0.6 is 0 Å². The maximum atomic E-state index is 13.8. The Balaban J connectivity index is 1.96. The van der Waals surface area contributed by atoms with Crippen LogP contribution in [0.15, 0.2) is 71.6 Å². The first kappa shape index (κ1) is 23.4. The highest BCUT2D eigenvalue weighted by Crippen LogP contribution is 2.25. The quantitative estimate of drug-likeness (QED) is 0.537. The van der Waals surface area contributed by atoms with E-state index >= 15 is 0 Å². The minimum atomic E-state index is -4.28. The molecule has 0 radical (unpaired) electrons. The van der Waals surface area contributed by atoms with Gasteiger partial charge in [0, 0.05) is 5.69 Å². The topological polar surface area (TPSA) is 84.5 Å². The number of amides is 1. The number of hydrogen-bond acceptors (Lipinski definition) is 4. The van der Waals surface area contributed by atoms with E-state index in [1.807, 2.05) is 38.1 Å². The molecule has 3 aromatic rings. The molecule has 8 heteroatoms. The van der Waals surface area contributed by atoms with Gasteiger partial charge in [-0.25, -0.2) is 12.8 Å². The number of para-hydroxylation sites is 1. The van der Waals surface area contributed by atoms with Crippen molar-refractivity contribution in [2.24, 2.45) is 0 Å². The molecule has 0 aliphatic carbocycles. The Hall–Kier alpha value is -3.23. The summed E-state index contributed by atoms with van der Waals surface area (Å²) in [6, 6.07) is 16.7. The molecule has 0 aliphatic rings. The molecule has 0 aromatic heterocycles. The molecule has 32 heavy (non-hydrogen) atoms. The van der Waals surface area contributed by atoms with Crippen LogP contribution in [-0.2, 0) is 21.2 Å². The Morgan fingerprint density at radius 3 is 2.28 bits per heavy atom. The van der Waals surface area contributed by atoms with E-state index in [-0.39, 0.29) is 17.1 Å². The van der Waals surface area contributed by atoms with E-state index < -0.39 is 27.8 Å². The van der Waals surface area contributed by atoms with Crippen molar-refractivity contribution in [2.45, 2.75) is 31.2 Å². The van der Waals surface area contributed by atoms with Crippen LogP contribution in [0.4, 0.5) is 10.1 Å². The Morgan fingerprint density at radius 1 is 1.00 bits per heavy atom. The normalized spacial score (nSPS) is 12.2. The van der Waals surface area contributed by atoms with E-state index in [2.05, 4.69) is 10.0 Å². The third-order valence-electron chi connectivity index (χ3n) is 5.04. The summed E-state index contributed by atoms with van der Waals surface area (Å²) in [5.74, 6) is -1.27. The lowest BCUT2D eigenvalue weighted by Crippen LogP contribution is -2.45. The largest absolute Gasteiger partial charge is 0.495 e. The molecule has 0 saturated carbocycles. The SMILES string of the molecule is COc1ccc(F)cc1S(=O)(=O)NC(Cc1ccccc1)C(=O)Nc1c(C)cccc1C. The zero-order valence-electron chi connectivity index (χ0n) is 18.1. The van der Waals surface area contributed by atoms with Crippen molar-refractivity contribution in [3.63, 3.8) is 0 Å². The third-order valence-corrected chi connectivity index (χ3v) is 6.53. The molecule has 0 heterocycles. The van der Waals surface area contributed by atoms with Gasteiger partial charge in [0.25, 0.3) is 0 Å². The van der Waals surface area contributed by atoms with E-state index in [0.717, 1.165) is 28.8 Å². The Labute approximate surface area is 187 Å². The third kappa shape index (κ3) is 5.52. The molecule has 1 unspecified atom stereocenters. The Morgan fingerprint density at radius 2 is 1.66 bits per heavy atom. The van der Waals surface area contributed by atoms with Crippen LogP contribution in [0.2, 0.25) is 0 Å². The van der Waals surface area contributed by atoms with Crippen LogP contribution in [0.1, 0.15) is 16.7 Å².